The fraction of sp³-hybridized carbons (Fsp3) is 0.500. The molecule has 0 bridgehead atoms. The second-order valence-electron chi connectivity index (χ2n) is 3.78. The Morgan fingerprint density at radius 3 is 2.83 bits per heavy atom. The number of carbonyl (C=O) groups excluding carboxylic acids is 1. The Labute approximate surface area is 105 Å². The maximum atomic E-state index is 11.8. The van der Waals surface area contributed by atoms with E-state index in [0.29, 0.717) is 17.7 Å². The molecule has 2 N–H and O–H groups in total. The fourth-order valence-electron chi connectivity index (χ4n) is 1.55. The Morgan fingerprint density at radius 1 is 1.56 bits per heavy atom. The highest BCUT2D eigenvalue weighted by Crippen LogP contribution is 2.10. The van der Waals surface area contributed by atoms with Gasteiger partial charge in [-0.1, -0.05) is 6.92 Å². The molecule has 0 saturated heterocycles. The van der Waals surface area contributed by atoms with Crippen LogP contribution in [-0.2, 0) is 16.0 Å². The molecule has 1 rings (SSSR count). The molecule has 1 heterocycles. The molecule has 1 unspecified atom stereocenters. The Morgan fingerprint density at radius 2 is 2.28 bits per heavy atom. The minimum atomic E-state index is -0.964. The van der Waals surface area contributed by atoms with Gasteiger partial charge >= 0.3 is 5.97 Å². The molecule has 100 valence electrons. The summed E-state index contributed by atoms with van der Waals surface area (Å²) in [6.45, 7) is 2.04. The van der Waals surface area contributed by atoms with E-state index >= 15 is 0 Å². The summed E-state index contributed by atoms with van der Waals surface area (Å²) >= 11 is 0. The Kier molecular flexibility index (Phi) is 5.38. The molecular weight excluding hydrogens is 238 g/mol. The largest absolute Gasteiger partial charge is 0.481 e. The zero-order chi connectivity index (χ0) is 13.5. The van der Waals surface area contributed by atoms with Crippen molar-refractivity contribution in [3.8, 4) is 0 Å². The summed E-state index contributed by atoms with van der Waals surface area (Å²) in [4.78, 5) is 22.4. The Hall–Kier alpha value is -1.82. The van der Waals surface area contributed by atoms with E-state index in [-0.39, 0.29) is 18.9 Å². The van der Waals surface area contributed by atoms with Gasteiger partial charge in [0.15, 0.2) is 0 Å². The van der Waals surface area contributed by atoms with Gasteiger partial charge in [0.1, 0.15) is 5.76 Å². The quantitative estimate of drug-likeness (QED) is 0.760. The molecular formula is C12H17NO5. The van der Waals surface area contributed by atoms with Crippen LogP contribution in [0.5, 0.6) is 0 Å². The summed E-state index contributed by atoms with van der Waals surface area (Å²) in [7, 11) is 1.41. The van der Waals surface area contributed by atoms with Crippen molar-refractivity contribution >= 4 is 11.9 Å². The summed E-state index contributed by atoms with van der Waals surface area (Å²) < 4.78 is 10.1. The molecule has 1 amide bonds. The first-order valence-corrected chi connectivity index (χ1v) is 5.67. The molecule has 0 aliphatic heterocycles. The number of carboxylic acids is 1. The van der Waals surface area contributed by atoms with Gasteiger partial charge in [-0.05, 0) is 6.07 Å². The van der Waals surface area contributed by atoms with Gasteiger partial charge in [0.25, 0.3) is 5.91 Å². The maximum absolute atomic E-state index is 11.8. The zero-order valence-corrected chi connectivity index (χ0v) is 10.4. The predicted octanol–water partition coefficient (Wildman–Crippen LogP) is 1.06. The van der Waals surface area contributed by atoms with Crippen LogP contribution < -0.4 is 5.32 Å². The van der Waals surface area contributed by atoms with Crippen LogP contribution in [-0.4, -0.2) is 36.7 Å². The van der Waals surface area contributed by atoms with Crippen LogP contribution in [0.2, 0.25) is 0 Å². The molecule has 1 aromatic heterocycles. The smallest absolute Gasteiger partial charge is 0.306 e. The molecule has 1 atom stereocenters. The van der Waals surface area contributed by atoms with Gasteiger partial charge in [-0.15, -0.1) is 0 Å². The van der Waals surface area contributed by atoms with E-state index in [0.717, 1.165) is 0 Å². The number of methoxy groups -OCH3 is 1. The molecule has 6 heteroatoms. The van der Waals surface area contributed by atoms with Crippen molar-refractivity contribution < 1.29 is 23.8 Å². The van der Waals surface area contributed by atoms with Crippen LogP contribution >= 0.6 is 0 Å². The van der Waals surface area contributed by atoms with E-state index in [1.54, 1.807) is 6.07 Å². The van der Waals surface area contributed by atoms with E-state index in [4.69, 9.17) is 14.3 Å². The molecule has 1 aromatic rings. The van der Waals surface area contributed by atoms with Crippen LogP contribution in [0.4, 0.5) is 0 Å². The highest BCUT2D eigenvalue weighted by atomic mass is 16.5. The summed E-state index contributed by atoms with van der Waals surface area (Å²) in [6.07, 6.45) is 1.39. The summed E-state index contributed by atoms with van der Waals surface area (Å²) in [5, 5.41) is 11.3. The molecule has 6 nitrogen and oxygen atoms in total. The highest BCUT2D eigenvalue weighted by Gasteiger charge is 2.16. The average molecular weight is 255 g/mol. The molecule has 0 fully saturated rings. The molecule has 0 aromatic carbocycles. The molecule has 0 saturated carbocycles. The standard InChI is InChI=1S/C12H17NO5/c1-3-10-9(4-5-18-10)12(16)13-7-8(17-2)6-11(14)15/h4-5,8H,3,6-7H2,1-2H3,(H,13,16)(H,14,15). The van der Waals surface area contributed by atoms with Crippen molar-refractivity contribution in [1.29, 1.82) is 0 Å². The first-order chi connectivity index (χ1) is 8.58. The van der Waals surface area contributed by atoms with Crippen molar-refractivity contribution in [2.75, 3.05) is 13.7 Å². The Balaban J connectivity index is 2.52. The topological polar surface area (TPSA) is 88.8 Å². The van der Waals surface area contributed by atoms with E-state index < -0.39 is 12.1 Å². The van der Waals surface area contributed by atoms with E-state index in [9.17, 15) is 9.59 Å². The van der Waals surface area contributed by atoms with Crippen LogP contribution in [0.3, 0.4) is 0 Å². The normalized spacial score (nSPS) is 12.1. The summed E-state index contributed by atoms with van der Waals surface area (Å²) in [5.41, 5.74) is 0.475. The number of carboxylic acid groups (broad SMARTS) is 1. The third-order valence-corrected chi connectivity index (χ3v) is 2.54. The lowest BCUT2D eigenvalue weighted by molar-refractivity contribution is -0.139. The van der Waals surface area contributed by atoms with Gasteiger partial charge in [-0.3, -0.25) is 9.59 Å². The van der Waals surface area contributed by atoms with Gasteiger partial charge in [-0.2, -0.15) is 0 Å². The Bertz CT molecular complexity index is 412. The summed E-state index contributed by atoms with van der Waals surface area (Å²) in [5.74, 6) is -0.638. The van der Waals surface area contributed by atoms with Crippen molar-refractivity contribution in [2.24, 2.45) is 0 Å². The van der Waals surface area contributed by atoms with Crippen molar-refractivity contribution in [2.45, 2.75) is 25.9 Å². The molecule has 0 spiro atoms. The van der Waals surface area contributed by atoms with Gasteiger partial charge in [0.05, 0.1) is 24.4 Å². The lowest BCUT2D eigenvalue weighted by Crippen LogP contribution is -2.34. The van der Waals surface area contributed by atoms with Crippen molar-refractivity contribution in [3.63, 3.8) is 0 Å². The van der Waals surface area contributed by atoms with Crippen molar-refractivity contribution in [1.82, 2.24) is 5.32 Å². The van der Waals surface area contributed by atoms with E-state index in [2.05, 4.69) is 5.32 Å². The van der Waals surface area contributed by atoms with Gasteiger partial charge < -0.3 is 19.6 Å². The predicted molar refractivity (Wildman–Crippen MR) is 63.5 cm³/mol. The van der Waals surface area contributed by atoms with Gasteiger partial charge in [-0.25, -0.2) is 0 Å². The lowest BCUT2D eigenvalue weighted by Gasteiger charge is -2.13. The highest BCUT2D eigenvalue weighted by molar-refractivity contribution is 5.95. The zero-order valence-electron chi connectivity index (χ0n) is 10.4. The number of aryl methyl sites for hydroxylation is 1. The van der Waals surface area contributed by atoms with E-state index in [1.807, 2.05) is 6.92 Å². The number of rotatable bonds is 7. The minimum absolute atomic E-state index is 0.149. The fourth-order valence-corrected chi connectivity index (χ4v) is 1.55. The number of aliphatic carboxylic acids is 1. The molecule has 18 heavy (non-hydrogen) atoms. The lowest BCUT2D eigenvalue weighted by atomic mass is 10.2. The third-order valence-electron chi connectivity index (χ3n) is 2.54. The van der Waals surface area contributed by atoms with Gasteiger partial charge in [0, 0.05) is 20.1 Å². The minimum Gasteiger partial charge on any atom is -0.481 e. The molecule has 0 aliphatic rings. The average Bonchev–Trinajstić information content (AvgIpc) is 2.81. The first kappa shape index (κ1) is 14.2. The summed E-state index contributed by atoms with van der Waals surface area (Å²) in [6, 6.07) is 1.59. The first-order valence-electron chi connectivity index (χ1n) is 5.67. The van der Waals surface area contributed by atoms with Crippen molar-refractivity contribution in [3.05, 3.63) is 23.7 Å². The number of furan rings is 1. The number of hydrogen-bond donors (Lipinski definition) is 2. The van der Waals surface area contributed by atoms with E-state index in [1.165, 1.54) is 13.4 Å². The number of hydrogen-bond acceptors (Lipinski definition) is 4. The number of nitrogens with one attached hydrogen (secondary N) is 1. The van der Waals surface area contributed by atoms with Crippen LogP contribution in [0, 0.1) is 0 Å². The monoisotopic (exact) mass is 255 g/mol. The second kappa shape index (κ2) is 6.80. The van der Waals surface area contributed by atoms with Gasteiger partial charge in [0.2, 0.25) is 0 Å². The molecule has 0 radical (unpaired) electrons. The number of amides is 1. The maximum Gasteiger partial charge on any atom is 0.306 e. The van der Waals surface area contributed by atoms with Crippen LogP contribution in [0.1, 0.15) is 29.5 Å². The number of carbonyl (C=O) groups is 2. The third kappa shape index (κ3) is 3.89. The van der Waals surface area contributed by atoms with Crippen LogP contribution in [0.15, 0.2) is 16.7 Å². The van der Waals surface area contributed by atoms with Crippen LogP contribution in [0.25, 0.3) is 0 Å². The second-order valence-corrected chi connectivity index (χ2v) is 3.78. The molecule has 0 aliphatic carbocycles. The SMILES string of the molecule is CCc1occc1C(=O)NCC(CC(=O)O)OC. The number of ether oxygens (including phenoxy) is 1.